The number of aromatic nitrogens is 2. The van der Waals surface area contributed by atoms with Crippen molar-refractivity contribution in [3.05, 3.63) is 41.2 Å². The van der Waals surface area contributed by atoms with Crippen LogP contribution in [-0.2, 0) is 0 Å². The van der Waals surface area contributed by atoms with Crippen LogP contribution in [0.2, 0.25) is 5.02 Å². The van der Waals surface area contributed by atoms with Gasteiger partial charge in [-0.2, -0.15) is 15.1 Å². The summed E-state index contributed by atoms with van der Waals surface area (Å²) in [6.07, 6.45) is 4.09. The molecular formula is C16H18ClN5O2. The molecule has 1 aromatic heterocycles. The summed E-state index contributed by atoms with van der Waals surface area (Å²) in [4.78, 5) is 12.4. The molecule has 0 radical (unpaired) electrons. The molecule has 24 heavy (non-hydrogen) atoms. The Morgan fingerprint density at radius 2 is 2.04 bits per heavy atom. The lowest BCUT2D eigenvalue weighted by Crippen LogP contribution is -2.27. The molecule has 2 N–H and O–H groups in total. The van der Waals surface area contributed by atoms with Gasteiger partial charge in [-0.05, 0) is 37.6 Å². The van der Waals surface area contributed by atoms with Gasteiger partial charge in [0.15, 0.2) is 5.75 Å². The fraction of sp³-hybridized carbons (Fsp3) is 0.250. The summed E-state index contributed by atoms with van der Waals surface area (Å²) in [6.45, 7) is 3.68. The van der Waals surface area contributed by atoms with E-state index in [0.717, 1.165) is 11.3 Å². The summed E-state index contributed by atoms with van der Waals surface area (Å²) >= 11 is 5.99. The third-order valence-corrected chi connectivity index (χ3v) is 3.60. The highest BCUT2D eigenvalue weighted by Crippen LogP contribution is 2.21. The van der Waals surface area contributed by atoms with Crippen LogP contribution in [0.15, 0.2) is 40.7 Å². The molecule has 0 fully saturated rings. The zero-order chi connectivity index (χ0) is 17.5. The summed E-state index contributed by atoms with van der Waals surface area (Å²) in [5, 5.41) is 4.40. The molecule has 1 unspecified atom stereocenters. The Kier molecular flexibility index (Phi) is 6.08. The lowest BCUT2D eigenvalue weighted by Gasteiger charge is -2.12. The molecule has 0 aliphatic heterocycles. The van der Waals surface area contributed by atoms with E-state index in [-0.39, 0.29) is 6.01 Å². The Labute approximate surface area is 145 Å². The van der Waals surface area contributed by atoms with Crippen LogP contribution in [0.25, 0.3) is 0 Å². The van der Waals surface area contributed by atoms with Gasteiger partial charge in [-0.15, -0.1) is 0 Å². The molecule has 0 spiro atoms. The number of hydrazone groups is 1. The molecular weight excluding hydrogens is 330 g/mol. The summed E-state index contributed by atoms with van der Waals surface area (Å²) in [5.41, 5.74) is 2.13. The minimum atomic E-state index is -0.472. The normalized spacial score (nSPS) is 13.1. The molecule has 0 saturated carbocycles. The van der Waals surface area contributed by atoms with E-state index in [4.69, 9.17) is 26.9 Å². The summed E-state index contributed by atoms with van der Waals surface area (Å²) < 4.78 is 10.6. The first-order valence-electron chi connectivity index (χ1n) is 7.14. The molecule has 1 aromatic carbocycles. The molecule has 126 valence electrons. The number of methoxy groups -OCH3 is 1. The molecule has 0 bridgehead atoms. The summed E-state index contributed by atoms with van der Waals surface area (Å²) in [7, 11) is 1.54. The van der Waals surface area contributed by atoms with E-state index in [9.17, 15) is 0 Å². The van der Waals surface area contributed by atoms with Crippen molar-refractivity contribution in [2.75, 3.05) is 7.11 Å². The predicted octanol–water partition coefficient (Wildman–Crippen LogP) is 2.93. The Morgan fingerprint density at radius 1 is 1.33 bits per heavy atom. The van der Waals surface area contributed by atoms with Crippen molar-refractivity contribution in [2.45, 2.75) is 20.0 Å². The van der Waals surface area contributed by atoms with Crippen molar-refractivity contribution in [3.63, 3.8) is 0 Å². The second-order valence-corrected chi connectivity index (χ2v) is 5.32. The van der Waals surface area contributed by atoms with Gasteiger partial charge in [0.05, 0.1) is 31.4 Å². The van der Waals surface area contributed by atoms with Crippen LogP contribution in [0.4, 0.5) is 5.69 Å². The van der Waals surface area contributed by atoms with E-state index in [1.807, 2.05) is 13.0 Å². The van der Waals surface area contributed by atoms with Gasteiger partial charge in [-0.1, -0.05) is 11.6 Å². The Hall–Kier alpha value is -2.67. The van der Waals surface area contributed by atoms with E-state index in [1.54, 1.807) is 19.1 Å². The smallest absolute Gasteiger partial charge is 0.317 e. The average molecular weight is 348 g/mol. The van der Waals surface area contributed by atoms with E-state index in [1.165, 1.54) is 25.7 Å². The number of ether oxygens (including phenoxy) is 2. The zero-order valence-corrected chi connectivity index (χ0v) is 14.4. The Bertz CT molecular complexity index is 747. The van der Waals surface area contributed by atoms with Gasteiger partial charge in [0.1, 0.15) is 11.8 Å². The van der Waals surface area contributed by atoms with E-state index >= 15 is 0 Å². The van der Waals surface area contributed by atoms with Gasteiger partial charge >= 0.3 is 6.01 Å². The van der Waals surface area contributed by atoms with Crippen LogP contribution in [0.3, 0.4) is 0 Å². The maximum absolute atomic E-state index is 5.99. The van der Waals surface area contributed by atoms with Crippen molar-refractivity contribution < 1.29 is 9.47 Å². The number of aliphatic imine (C=N–C) groups is 1. The number of benzene rings is 1. The Balaban J connectivity index is 2.06. The first kappa shape index (κ1) is 17.7. The second-order valence-electron chi connectivity index (χ2n) is 4.91. The molecule has 0 amide bonds. The minimum Gasteiger partial charge on any atom is -0.494 e. The lowest BCUT2D eigenvalue weighted by molar-refractivity contribution is 0.263. The first-order chi connectivity index (χ1) is 11.5. The van der Waals surface area contributed by atoms with E-state index in [0.29, 0.717) is 16.5 Å². The number of nitrogens with two attached hydrogens (primary N) is 1. The molecule has 0 saturated heterocycles. The monoisotopic (exact) mass is 347 g/mol. The van der Waals surface area contributed by atoms with Crippen LogP contribution >= 0.6 is 11.6 Å². The number of rotatable bonds is 6. The van der Waals surface area contributed by atoms with Gasteiger partial charge in [0, 0.05) is 5.02 Å². The number of nitrogens with zero attached hydrogens (tertiary/aromatic N) is 4. The largest absolute Gasteiger partial charge is 0.494 e. The number of halogens is 1. The zero-order valence-electron chi connectivity index (χ0n) is 13.6. The molecule has 7 nitrogen and oxygen atoms in total. The lowest BCUT2D eigenvalue weighted by atomic mass is 10.2. The average Bonchev–Trinajstić information content (AvgIpc) is 2.59. The van der Waals surface area contributed by atoms with E-state index < -0.39 is 6.10 Å². The van der Waals surface area contributed by atoms with Gasteiger partial charge < -0.3 is 15.3 Å². The predicted molar refractivity (Wildman–Crippen MR) is 94.6 cm³/mol. The molecule has 0 aliphatic rings. The summed E-state index contributed by atoms with van der Waals surface area (Å²) in [6, 6.07) is 5.65. The standard InChI is InChI=1S/C16H18ClN5O2/c1-10-6-12(4-5-14(10)17)19-9-15(22-18)11(2)24-16-20-7-13(23-3)8-21-16/h4-9,11H,18H2,1-3H3. The SMILES string of the molecule is COc1cnc(OC(C)C(C=Nc2ccc(Cl)c(C)c2)=NN)nc1. The van der Waals surface area contributed by atoms with Gasteiger partial charge in [-0.25, -0.2) is 0 Å². The first-order valence-corrected chi connectivity index (χ1v) is 7.52. The van der Waals surface area contributed by atoms with Crippen molar-refractivity contribution >= 4 is 29.2 Å². The Morgan fingerprint density at radius 3 is 2.62 bits per heavy atom. The maximum Gasteiger partial charge on any atom is 0.317 e. The van der Waals surface area contributed by atoms with Gasteiger partial charge in [0.2, 0.25) is 0 Å². The third kappa shape index (κ3) is 4.66. The van der Waals surface area contributed by atoms with Crippen LogP contribution in [-0.4, -0.2) is 35.1 Å². The summed E-state index contributed by atoms with van der Waals surface area (Å²) in [5.74, 6) is 5.97. The van der Waals surface area contributed by atoms with Crippen LogP contribution in [0.5, 0.6) is 11.8 Å². The second kappa shape index (κ2) is 8.26. The van der Waals surface area contributed by atoms with E-state index in [2.05, 4.69) is 20.1 Å². The topological polar surface area (TPSA) is 95.0 Å². The number of aryl methyl sites for hydroxylation is 1. The fourth-order valence-corrected chi connectivity index (χ4v) is 1.90. The van der Waals surface area contributed by atoms with Crippen molar-refractivity contribution in [1.82, 2.24) is 9.97 Å². The van der Waals surface area contributed by atoms with Crippen molar-refractivity contribution in [1.29, 1.82) is 0 Å². The molecule has 8 heteroatoms. The fourth-order valence-electron chi connectivity index (χ4n) is 1.78. The van der Waals surface area contributed by atoms with Crippen LogP contribution in [0.1, 0.15) is 12.5 Å². The molecule has 1 atom stereocenters. The molecule has 2 rings (SSSR count). The maximum atomic E-state index is 5.99. The number of hydrogen-bond donors (Lipinski definition) is 1. The van der Waals surface area contributed by atoms with Gasteiger partial charge in [-0.3, -0.25) is 4.99 Å². The van der Waals surface area contributed by atoms with Crippen molar-refractivity contribution in [3.8, 4) is 11.8 Å². The molecule has 0 aliphatic carbocycles. The van der Waals surface area contributed by atoms with Crippen molar-refractivity contribution in [2.24, 2.45) is 15.9 Å². The highest BCUT2D eigenvalue weighted by atomic mass is 35.5. The highest BCUT2D eigenvalue weighted by molar-refractivity contribution is 6.33. The third-order valence-electron chi connectivity index (χ3n) is 3.18. The van der Waals surface area contributed by atoms with Crippen LogP contribution < -0.4 is 15.3 Å². The minimum absolute atomic E-state index is 0.195. The molecule has 2 aromatic rings. The molecule has 1 heterocycles. The quantitative estimate of drug-likeness (QED) is 0.492. The van der Waals surface area contributed by atoms with Gasteiger partial charge in [0.25, 0.3) is 0 Å². The number of hydrogen-bond acceptors (Lipinski definition) is 7. The highest BCUT2D eigenvalue weighted by Gasteiger charge is 2.12. The van der Waals surface area contributed by atoms with Crippen LogP contribution in [0, 0.1) is 6.92 Å².